The van der Waals surface area contributed by atoms with E-state index >= 15 is 0 Å². The summed E-state index contributed by atoms with van der Waals surface area (Å²) in [5.74, 6) is -1.11. The summed E-state index contributed by atoms with van der Waals surface area (Å²) in [6.07, 6.45) is 0.178. The minimum Gasteiger partial charge on any atom is -0.370 e. The number of anilines is 1. The molecule has 4 nitrogen and oxygen atoms in total. The molecule has 0 fully saturated rings. The van der Waals surface area contributed by atoms with Gasteiger partial charge in [0, 0.05) is 23.7 Å². The molecule has 0 aromatic heterocycles. The summed E-state index contributed by atoms with van der Waals surface area (Å²) in [5.41, 5.74) is 6.48. The van der Waals surface area contributed by atoms with Crippen molar-refractivity contribution in [3.05, 3.63) is 64.9 Å². The summed E-state index contributed by atoms with van der Waals surface area (Å²) in [5, 5.41) is 0.588. The number of carbonyl (C=O) groups is 2. The molecule has 2 rings (SSSR count). The van der Waals surface area contributed by atoms with Gasteiger partial charge in [0.1, 0.15) is 5.82 Å². The zero-order valence-electron chi connectivity index (χ0n) is 12.3. The zero-order chi connectivity index (χ0) is 16.8. The molecule has 0 unspecified atom stereocenters. The normalized spacial score (nSPS) is 10.3. The summed E-state index contributed by atoms with van der Waals surface area (Å²) in [6, 6.07) is 12.5. The lowest BCUT2D eigenvalue weighted by Gasteiger charge is -2.22. The number of carbonyl (C=O) groups excluding carboxylic acids is 2. The van der Waals surface area contributed by atoms with E-state index < -0.39 is 11.7 Å². The van der Waals surface area contributed by atoms with Gasteiger partial charge in [0.15, 0.2) is 0 Å². The largest absolute Gasteiger partial charge is 0.370 e. The summed E-state index contributed by atoms with van der Waals surface area (Å²) in [6.45, 7) is 0.146. The first-order chi connectivity index (χ1) is 11.0. The van der Waals surface area contributed by atoms with Crippen LogP contribution in [0.2, 0.25) is 5.02 Å². The molecule has 0 bridgehead atoms. The van der Waals surface area contributed by atoms with Crippen LogP contribution in [0, 0.1) is 5.82 Å². The third kappa shape index (κ3) is 5.07. The van der Waals surface area contributed by atoms with Gasteiger partial charge in [-0.2, -0.15) is 0 Å². The van der Waals surface area contributed by atoms with E-state index in [1.807, 2.05) is 0 Å². The van der Waals surface area contributed by atoms with Crippen molar-refractivity contribution in [3.8, 4) is 0 Å². The van der Waals surface area contributed by atoms with E-state index in [1.54, 1.807) is 24.3 Å². The first-order valence-corrected chi connectivity index (χ1v) is 7.42. The first kappa shape index (κ1) is 17.0. The van der Waals surface area contributed by atoms with Crippen molar-refractivity contribution in [2.45, 2.75) is 12.8 Å². The molecule has 120 valence electrons. The minimum absolute atomic E-state index is 0.0315. The van der Waals surface area contributed by atoms with Crippen molar-refractivity contribution < 1.29 is 14.0 Å². The molecular weight excluding hydrogens is 319 g/mol. The van der Waals surface area contributed by atoms with E-state index in [2.05, 4.69) is 0 Å². The fraction of sp³-hybridized carbons (Fsp3) is 0.176. The van der Waals surface area contributed by atoms with Gasteiger partial charge in [-0.15, -0.1) is 0 Å². The number of amides is 2. The van der Waals surface area contributed by atoms with Crippen molar-refractivity contribution >= 4 is 29.1 Å². The lowest BCUT2D eigenvalue weighted by Crippen LogP contribution is -2.35. The summed E-state index contributed by atoms with van der Waals surface area (Å²) in [7, 11) is 0. The van der Waals surface area contributed by atoms with E-state index in [1.165, 1.54) is 29.2 Å². The van der Waals surface area contributed by atoms with E-state index in [-0.39, 0.29) is 25.3 Å². The second-order valence-corrected chi connectivity index (χ2v) is 5.48. The Morgan fingerprint density at radius 1 is 1.04 bits per heavy atom. The van der Waals surface area contributed by atoms with Crippen LogP contribution in [0.25, 0.3) is 0 Å². The lowest BCUT2D eigenvalue weighted by molar-refractivity contribution is -0.118. The number of nitrogens with zero attached hydrogens (tertiary/aromatic N) is 1. The van der Waals surface area contributed by atoms with Gasteiger partial charge in [0.2, 0.25) is 11.8 Å². The third-order valence-electron chi connectivity index (χ3n) is 3.29. The highest BCUT2D eigenvalue weighted by molar-refractivity contribution is 6.30. The number of benzene rings is 2. The number of halogens is 2. The highest BCUT2D eigenvalue weighted by atomic mass is 35.5. The lowest BCUT2D eigenvalue weighted by atomic mass is 10.1. The van der Waals surface area contributed by atoms with Crippen LogP contribution in [0.5, 0.6) is 0 Å². The van der Waals surface area contributed by atoms with Crippen LogP contribution in [-0.2, 0) is 16.0 Å². The Morgan fingerprint density at radius 3 is 2.22 bits per heavy atom. The first-order valence-electron chi connectivity index (χ1n) is 7.04. The molecule has 0 heterocycles. The maximum Gasteiger partial charge on any atom is 0.231 e. The maximum absolute atomic E-state index is 13.1. The molecule has 2 amide bonds. The standard InChI is InChI=1S/C17H16ClFN2O2/c18-13-3-1-12(2-4-13)11-17(23)21(10-9-16(20)22)15-7-5-14(19)6-8-15/h1-8H,9-11H2,(H2,20,22). The van der Waals surface area contributed by atoms with Crippen LogP contribution < -0.4 is 10.6 Å². The Labute approximate surface area is 138 Å². The highest BCUT2D eigenvalue weighted by Crippen LogP contribution is 2.18. The molecule has 0 atom stereocenters. The predicted octanol–water partition coefficient (Wildman–Crippen LogP) is 2.93. The SMILES string of the molecule is NC(=O)CCN(C(=O)Cc1ccc(Cl)cc1)c1ccc(F)cc1. The van der Waals surface area contributed by atoms with Gasteiger partial charge < -0.3 is 10.6 Å². The second kappa shape index (κ2) is 7.74. The molecule has 23 heavy (non-hydrogen) atoms. The van der Waals surface area contributed by atoms with Gasteiger partial charge in [-0.3, -0.25) is 9.59 Å². The van der Waals surface area contributed by atoms with Gasteiger partial charge in [-0.05, 0) is 42.0 Å². The smallest absolute Gasteiger partial charge is 0.231 e. The summed E-state index contributed by atoms with van der Waals surface area (Å²) >= 11 is 5.82. The average Bonchev–Trinajstić information content (AvgIpc) is 2.51. The number of rotatable bonds is 6. The van der Waals surface area contributed by atoms with Gasteiger partial charge >= 0.3 is 0 Å². The van der Waals surface area contributed by atoms with Crippen molar-refractivity contribution in [1.82, 2.24) is 0 Å². The van der Waals surface area contributed by atoms with E-state index in [9.17, 15) is 14.0 Å². The molecule has 0 aliphatic carbocycles. The Hall–Kier alpha value is -2.40. The fourth-order valence-electron chi connectivity index (χ4n) is 2.11. The van der Waals surface area contributed by atoms with Gasteiger partial charge in [0.25, 0.3) is 0 Å². The highest BCUT2D eigenvalue weighted by Gasteiger charge is 2.17. The molecule has 0 aliphatic heterocycles. The zero-order valence-corrected chi connectivity index (χ0v) is 13.1. The molecule has 0 saturated carbocycles. The van der Waals surface area contributed by atoms with Crippen LogP contribution >= 0.6 is 11.6 Å². The quantitative estimate of drug-likeness (QED) is 0.882. The summed E-state index contributed by atoms with van der Waals surface area (Å²) in [4.78, 5) is 25.0. The van der Waals surface area contributed by atoms with Gasteiger partial charge in [0.05, 0.1) is 6.42 Å². The maximum atomic E-state index is 13.1. The second-order valence-electron chi connectivity index (χ2n) is 5.04. The monoisotopic (exact) mass is 334 g/mol. The Bertz CT molecular complexity index is 687. The molecule has 0 saturated heterocycles. The number of hydrogen-bond donors (Lipinski definition) is 1. The Balaban J connectivity index is 2.17. The number of hydrogen-bond acceptors (Lipinski definition) is 2. The van der Waals surface area contributed by atoms with Crippen LogP contribution in [-0.4, -0.2) is 18.4 Å². The van der Waals surface area contributed by atoms with Gasteiger partial charge in [-0.25, -0.2) is 4.39 Å². The van der Waals surface area contributed by atoms with E-state index in [4.69, 9.17) is 17.3 Å². The molecule has 2 N–H and O–H groups in total. The average molecular weight is 335 g/mol. The van der Waals surface area contributed by atoms with Crippen LogP contribution in [0.4, 0.5) is 10.1 Å². The van der Waals surface area contributed by atoms with Crippen molar-refractivity contribution in [2.75, 3.05) is 11.4 Å². The molecule has 0 radical (unpaired) electrons. The molecule has 0 aliphatic rings. The molecule has 6 heteroatoms. The molecule has 2 aromatic rings. The number of primary amides is 1. The minimum atomic E-state index is -0.503. The van der Waals surface area contributed by atoms with Crippen LogP contribution in [0.15, 0.2) is 48.5 Å². The molecular formula is C17H16ClFN2O2. The number of nitrogens with two attached hydrogens (primary N) is 1. The molecule has 0 spiro atoms. The van der Waals surface area contributed by atoms with E-state index in [0.717, 1.165) is 5.56 Å². The Morgan fingerprint density at radius 2 is 1.65 bits per heavy atom. The van der Waals surface area contributed by atoms with Gasteiger partial charge in [-0.1, -0.05) is 23.7 Å². The Kier molecular flexibility index (Phi) is 5.71. The predicted molar refractivity (Wildman–Crippen MR) is 87.7 cm³/mol. The van der Waals surface area contributed by atoms with Crippen molar-refractivity contribution in [2.24, 2.45) is 5.73 Å². The van der Waals surface area contributed by atoms with Crippen molar-refractivity contribution in [1.29, 1.82) is 0 Å². The summed E-state index contributed by atoms with van der Waals surface area (Å²) < 4.78 is 13.1. The van der Waals surface area contributed by atoms with E-state index in [0.29, 0.717) is 10.7 Å². The topological polar surface area (TPSA) is 63.4 Å². The van der Waals surface area contributed by atoms with Crippen molar-refractivity contribution in [3.63, 3.8) is 0 Å². The fourth-order valence-corrected chi connectivity index (χ4v) is 2.24. The molecule has 2 aromatic carbocycles. The van der Waals surface area contributed by atoms with Crippen LogP contribution in [0.3, 0.4) is 0 Å². The third-order valence-corrected chi connectivity index (χ3v) is 3.54. The van der Waals surface area contributed by atoms with Crippen LogP contribution in [0.1, 0.15) is 12.0 Å².